The van der Waals surface area contributed by atoms with E-state index in [1.54, 1.807) is 38.1 Å². The van der Waals surface area contributed by atoms with Crippen LogP contribution in [0.2, 0.25) is 0 Å². The van der Waals surface area contributed by atoms with E-state index in [-0.39, 0.29) is 13.2 Å². The number of alkyl carbamates (subject to hydrolysis) is 1. The van der Waals surface area contributed by atoms with E-state index in [1.165, 1.54) is 11.8 Å². The van der Waals surface area contributed by atoms with Crippen molar-refractivity contribution >= 4 is 29.8 Å². The molecule has 28 heavy (non-hydrogen) atoms. The van der Waals surface area contributed by atoms with Gasteiger partial charge in [-0.05, 0) is 31.5 Å². The summed E-state index contributed by atoms with van der Waals surface area (Å²) >= 11 is 1.43. The summed E-state index contributed by atoms with van der Waals surface area (Å²) in [6.45, 7) is 11.3. The molecule has 1 N–H and O–H groups in total. The fourth-order valence-corrected chi connectivity index (χ4v) is 2.49. The summed E-state index contributed by atoms with van der Waals surface area (Å²) in [7, 11) is 0. The third-order valence-electron chi connectivity index (χ3n) is 3.22. The number of amides is 1. The molecule has 0 aliphatic carbocycles. The van der Waals surface area contributed by atoms with Crippen LogP contribution in [-0.4, -0.2) is 42.8 Å². The first-order valence-electron chi connectivity index (χ1n) is 8.63. The summed E-state index contributed by atoms with van der Waals surface area (Å²) in [5.41, 5.74) is 1.53. The standard InChI is InChI=1S/C20H25NO6S/c1-5-25-19(23)15(4)13-28-11-10-26-20(24)21-12-16-6-8-17(9-7-16)27-18(22)14(2)3/h6-9H,2,4-5,10-13H2,1,3H3,(H,21,24). The highest BCUT2D eigenvalue weighted by Crippen LogP contribution is 2.13. The van der Waals surface area contributed by atoms with E-state index >= 15 is 0 Å². The van der Waals surface area contributed by atoms with Crippen molar-refractivity contribution in [2.75, 3.05) is 24.7 Å². The Bertz CT molecular complexity index is 714. The summed E-state index contributed by atoms with van der Waals surface area (Å²) in [5.74, 6) is 0.466. The second-order valence-electron chi connectivity index (χ2n) is 5.68. The minimum atomic E-state index is -0.539. The summed E-state index contributed by atoms with van der Waals surface area (Å²) in [6.07, 6.45) is -0.539. The van der Waals surface area contributed by atoms with Gasteiger partial charge in [0.05, 0.1) is 6.61 Å². The Morgan fingerprint density at radius 2 is 1.75 bits per heavy atom. The van der Waals surface area contributed by atoms with E-state index in [9.17, 15) is 14.4 Å². The number of hydrogen-bond acceptors (Lipinski definition) is 7. The number of rotatable bonds is 11. The normalized spacial score (nSPS) is 9.93. The molecule has 1 rings (SSSR count). The molecule has 0 aliphatic rings. The topological polar surface area (TPSA) is 90.9 Å². The van der Waals surface area contributed by atoms with Gasteiger partial charge in [0.1, 0.15) is 12.4 Å². The molecule has 0 fully saturated rings. The van der Waals surface area contributed by atoms with Gasteiger partial charge in [0.2, 0.25) is 0 Å². The van der Waals surface area contributed by atoms with E-state index in [4.69, 9.17) is 14.2 Å². The first kappa shape index (κ1) is 23.3. The molecule has 0 saturated carbocycles. The van der Waals surface area contributed by atoms with E-state index < -0.39 is 18.0 Å². The van der Waals surface area contributed by atoms with E-state index in [1.807, 2.05) is 0 Å². The Kier molecular flexibility index (Phi) is 10.5. The van der Waals surface area contributed by atoms with Crippen LogP contribution in [0, 0.1) is 0 Å². The molecule has 0 heterocycles. The van der Waals surface area contributed by atoms with Gasteiger partial charge in [-0.2, -0.15) is 11.8 Å². The van der Waals surface area contributed by atoms with Gasteiger partial charge in [0.25, 0.3) is 0 Å². The molecule has 0 aliphatic heterocycles. The Hall–Kier alpha value is -2.74. The third-order valence-corrected chi connectivity index (χ3v) is 4.23. The zero-order valence-electron chi connectivity index (χ0n) is 16.1. The lowest BCUT2D eigenvalue weighted by atomic mass is 10.2. The number of esters is 2. The van der Waals surface area contributed by atoms with Crippen LogP contribution < -0.4 is 10.1 Å². The SMILES string of the molecule is C=C(C)C(=O)Oc1ccc(CNC(=O)OCCSCC(=C)C(=O)OCC)cc1. The van der Waals surface area contributed by atoms with Gasteiger partial charge >= 0.3 is 18.0 Å². The number of thioether (sulfide) groups is 1. The number of benzene rings is 1. The number of nitrogens with one attached hydrogen (secondary N) is 1. The highest BCUT2D eigenvalue weighted by atomic mass is 32.2. The van der Waals surface area contributed by atoms with Crippen LogP contribution in [0.4, 0.5) is 4.79 Å². The van der Waals surface area contributed by atoms with Crippen LogP contribution in [0.25, 0.3) is 0 Å². The molecule has 0 aromatic heterocycles. The Morgan fingerprint density at radius 3 is 2.36 bits per heavy atom. The van der Waals surface area contributed by atoms with Crippen molar-refractivity contribution in [1.29, 1.82) is 0 Å². The minimum Gasteiger partial charge on any atom is -0.463 e. The van der Waals surface area contributed by atoms with Gasteiger partial charge in [-0.1, -0.05) is 25.3 Å². The van der Waals surface area contributed by atoms with Crippen molar-refractivity contribution in [3.8, 4) is 5.75 Å². The summed E-state index contributed by atoms with van der Waals surface area (Å²) in [6, 6.07) is 6.74. The smallest absolute Gasteiger partial charge is 0.407 e. The van der Waals surface area contributed by atoms with Crippen LogP contribution in [0.1, 0.15) is 19.4 Å². The molecule has 1 aromatic rings. The maximum Gasteiger partial charge on any atom is 0.407 e. The predicted octanol–water partition coefficient (Wildman–Crippen LogP) is 3.25. The first-order valence-corrected chi connectivity index (χ1v) is 9.78. The number of carbonyl (C=O) groups is 3. The fraction of sp³-hybridized carbons (Fsp3) is 0.350. The van der Waals surface area contributed by atoms with Gasteiger partial charge in [-0.3, -0.25) is 0 Å². The lowest BCUT2D eigenvalue weighted by Crippen LogP contribution is -2.24. The van der Waals surface area contributed by atoms with Crippen LogP contribution in [-0.2, 0) is 25.6 Å². The van der Waals surface area contributed by atoms with Crippen molar-refractivity contribution < 1.29 is 28.6 Å². The second kappa shape index (κ2) is 12.6. The quantitative estimate of drug-likeness (QED) is 0.261. The fourth-order valence-electron chi connectivity index (χ4n) is 1.78. The van der Waals surface area contributed by atoms with Crippen molar-refractivity contribution in [2.24, 2.45) is 0 Å². The molecule has 0 atom stereocenters. The number of hydrogen-bond donors (Lipinski definition) is 1. The number of carbonyl (C=O) groups excluding carboxylic acids is 3. The molecule has 7 nitrogen and oxygen atoms in total. The van der Waals surface area contributed by atoms with E-state index in [2.05, 4.69) is 18.5 Å². The average Bonchev–Trinajstić information content (AvgIpc) is 2.67. The van der Waals surface area contributed by atoms with Crippen molar-refractivity contribution in [3.63, 3.8) is 0 Å². The third kappa shape index (κ3) is 9.27. The molecule has 0 spiro atoms. The minimum absolute atomic E-state index is 0.211. The highest BCUT2D eigenvalue weighted by Gasteiger charge is 2.08. The van der Waals surface area contributed by atoms with Gasteiger partial charge in [0, 0.05) is 29.2 Å². The lowest BCUT2D eigenvalue weighted by Gasteiger charge is -2.08. The van der Waals surface area contributed by atoms with Crippen molar-refractivity contribution in [2.45, 2.75) is 20.4 Å². The molecule has 152 valence electrons. The molecule has 0 unspecified atom stereocenters. The van der Waals surface area contributed by atoms with Crippen LogP contribution in [0.15, 0.2) is 48.6 Å². The Labute approximate surface area is 169 Å². The molecule has 8 heteroatoms. The lowest BCUT2D eigenvalue weighted by molar-refractivity contribution is -0.138. The zero-order chi connectivity index (χ0) is 20.9. The molecular formula is C20H25NO6S. The Balaban J connectivity index is 2.21. The molecule has 1 aromatic carbocycles. The first-order chi connectivity index (χ1) is 13.3. The molecule has 1 amide bonds. The summed E-state index contributed by atoms with van der Waals surface area (Å²) in [4.78, 5) is 34.5. The predicted molar refractivity (Wildman–Crippen MR) is 108 cm³/mol. The molecule has 0 bridgehead atoms. The van der Waals surface area contributed by atoms with E-state index in [0.717, 1.165) is 5.56 Å². The maximum absolute atomic E-state index is 11.7. The van der Waals surface area contributed by atoms with Gasteiger partial charge in [-0.15, -0.1) is 0 Å². The average molecular weight is 407 g/mol. The summed E-state index contributed by atoms with van der Waals surface area (Å²) < 4.78 is 15.0. The highest BCUT2D eigenvalue weighted by molar-refractivity contribution is 7.99. The molecule has 0 radical (unpaired) electrons. The second-order valence-corrected chi connectivity index (χ2v) is 6.79. The van der Waals surface area contributed by atoms with Gasteiger partial charge < -0.3 is 19.5 Å². The molecule has 0 saturated heterocycles. The monoisotopic (exact) mass is 407 g/mol. The largest absolute Gasteiger partial charge is 0.463 e. The van der Waals surface area contributed by atoms with E-state index in [0.29, 0.717) is 35.0 Å². The van der Waals surface area contributed by atoms with Crippen LogP contribution >= 0.6 is 11.8 Å². The molecular weight excluding hydrogens is 382 g/mol. The van der Waals surface area contributed by atoms with Crippen molar-refractivity contribution in [3.05, 3.63) is 54.1 Å². The van der Waals surface area contributed by atoms with Crippen LogP contribution in [0.5, 0.6) is 5.75 Å². The maximum atomic E-state index is 11.7. The van der Waals surface area contributed by atoms with Crippen molar-refractivity contribution in [1.82, 2.24) is 5.32 Å². The zero-order valence-corrected chi connectivity index (χ0v) is 16.9. The van der Waals surface area contributed by atoms with Gasteiger partial charge in [0.15, 0.2) is 0 Å². The number of ether oxygens (including phenoxy) is 3. The summed E-state index contributed by atoms with van der Waals surface area (Å²) in [5, 5.41) is 2.63. The van der Waals surface area contributed by atoms with Crippen LogP contribution in [0.3, 0.4) is 0 Å². The Morgan fingerprint density at radius 1 is 1.07 bits per heavy atom. The van der Waals surface area contributed by atoms with Gasteiger partial charge in [-0.25, -0.2) is 14.4 Å².